The van der Waals surface area contributed by atoms with E-state index >= 15 is 0 Å². The van der Waals surface area contributed by atoms with Crippen molar-refractivity contribution in [2.45, 2.75) is 65.6 Å². The smallest absolute Gasteiger partial charge is 0.410 e. The third-order valence-corrected chi connectivity index (χ3v) is 7.10. The first-order valence-corrected chi connectivity index (χ1v) is 15.6. The summed E-state index contributed by atoms with van der Waals surface area (Å²) in [6.07, 6.45) is 16.4. The van der Waals surface area contributed by atoms with Crippen LogP contribution in [0.25, 0.3) is 0 Å². The lowest BCUT2D eigenvalue weighted by Crippen LogP contribution is -2.36. The Morgan fingerprint density at radius 2 is 1.22 bits per heavy atom. The molecule has 2 amide bonds. The van der Waals surface area contributed by atoms with E-state index in [1.807, 2.05) is 46.4 Å². The summed E-state index contributed by atoms with van der Waals surface area (Å²) in [6.45, 7) is 15.6. The molecule has 0 saturated carbocycles. The molecule has 3 aromatic heterocycles. The third kappa shape index (κ3) is 11.1. The normalized spacial score (nSPS) is 18.0. The molecule has 0 spiro atoms. The Morgan fingerprint density at radius 1 is 0.739 bits per heavy atom. The van der Waals surface area contributed by atoms with Gasteiger partial charge in [0, 0.05) is 76.4 Å². The lowest BCUT2D eigenvalue weighted by Gasteiger charge is -2.26. The Labute approximate surface area is 271 Å². The van der Waals surface area contributed by atoms with Crippen molar-refractivity contribution < 1.29 is 19.1 Å². The minimum absolute atomic E-state index is 0.223. The molecule has 2 saturated heterocycles. The molecule has 14 heteroatoms. The first-order chi connectivity index (χ1) is 21.9. The van der Waals surface area contributed by atoms with E-state index in [2.05, 4.69) is 35.2 Å². The maximum atomic E-state index is 12.3. The molecule has 0 radical (unpaired) electrons. The van der Waals surface area contributed by atoms with Gasteiger partial charge < -0.3 is 29.5 Å². The van der Waals surface area contributed by atoms with E-state index in [9.17, 15) is 9.59 Å². The Hall–Kier alpha value is -4.62. The minimum Gasteiger partial charge on any atom is -0.444 e. The summed E-state index contributed by atoms with van der Waals surface area (Å²) in [5.41, 5.74) is -0.923. The number of anilines is 3. The van der Waals surface area contributed by atoms with Crippen molar-refractivity contribution in [1.29, 1.82) is 0 Å². The van der Waals surface area contributed by atoms with Crippen molar-refractivity contribution >= 4 is 29.6 Å². The highest BCUT2D eigenvalue weighted by atomic mass is 16.6. The number of likely N-dealkylation sites (tertiary alicyclic amines) is 2. The second-order valence-electron chi connectivity index (χ2n) is 13.4. The average Bonchev–Trinajstić information content (AvgIpc) is 3.69. The van der Waals surface area contributed by atoms with E-state index in [1.165, 1.54) is 0 Å². The predicted octanol–water partition coefficient (Wildman–Crippen LogP) is 4.81. The molecule has 5 rings (SSSR count). The molecule has 14 nitrogen and oxygen atoms in total. The molecule has 248 valence electrons. The van der Waals surface area contributed by atoms with Crippen molar-refractivity contribution in [2.75, 3.05) is 49.5 Å². The van der Waals surface area contributed by atoms with Gasteiger partial charge >= 0.3 is 12.2 Å². The first-order valence-electron chi connectivity index (χ1n) is 15.6. The Bertz CT molecular complexity index is 1330. The van der Waals surface area contributed by atoms with Gasteiger partial charge in [0.1, 0.15) is 17.0 Å². The molecule has 46 heavy (non-hydrogen) atoms. The summed E-state index contributed by atoms with van der Waals surface area (Å²) >= 11 is 0. The van der Waals surface area contributed by atoms with Crippen LogP contribution in [-0.2, 0) is 9.47 Å². The molecule has 2 atom stereocenters. The van der Waals surface area contributed by atoms with Crippen LogP contribution >= 0.6 is 0 Å². The zero-order valence-electron chi connectivity index (χ0n) is 27.7. The molecule has 3 aromatic rings. The van der Waals surface area contributed by atoms with Crippen LogP contribution in [0.3, 0.4) is 0 Å². The summed E-state index contributed by atoms with van der Waals surface area (Å²) in [7, 11) is 0. The van der Waals surface area contributed by atoms with Crippen molar-refractivity contribution in [2.24, 2.45) is 11.8 Å². The lowest BCUT2D eigenvalue weighted by molar-refractivity contribution is 0.0278. The van der Waals surface area contributed by atoms with Gasteiger partial charge in [0.15, 0.2) is 11.6 Å². The Balaban J connectivity index is 0.000000216. The number of hydrogen-bond donors (Lipinski definition) is 1. The van der Waals surface area contributed by atoms with E-state index in [1.54, 1.807) is 65.6 Å². The van der Waals surface area contributed by atoms with Crippen LogP contribution in [0.1, 0.15) is 54.4 Å². The number of rotatable bonds is 7. The molecule has 2 fully saturated rings. The standard InChI is InChI=1S/C18H24N6O2.C14H22N4O2/c1-18(2,3)26-17(25)23-9-4-14(12-23)13-24(15-10-19-5-7-21-15)16-11-20-6-8-22-16;1-14(2,3)20-13(19)18-7-4-11(10-18)8-17-12-9-15-5-6-16-12/h5-8,10-11,14H,4,9,12-13H2,1-3H3;5-6,9,11H,4,7-8,10H2,1-3H3,(H,16,17). The van der Waals surface area contributed by atoms with E-state index < -0.39 is 11.2 Å². The van der Waals surface area contributed by atoms with E-state index in [-0.39, 0.29) is 18.1 Å². The third-order valence-electron chi connectivity index (χ3n) is 7.10. The molecule has 2 aliphatic heterocycles. The highest BCUT2D eigenvalue weighted by Gasteiger charge is 2.32. The SMILES string of the molecule is CC(C)(C)OC(=O)N1CCC(CN(c2cnccn2)c2cnccn2)C1.CC(C)(C)OC(=O)N1CCC(CNc2cnccn2)C1. The van der Waals surface area contributed by atoms with Crippen molar-refractivity contribution in [3.63, 3.8) is 0 Å². The van der Waals surface area contributed by atoms with Gasteiger partial charge in [0.25, 0.3) is 0 Å². The van der Waals surface area contributed by atoms with Gasteiger partial charge in [-0.3, -0.25) is 15.0 Å². The maximum Gasteiger partial charge on any atom is 0.410 e. The van der Waals surface area contributed by atoms with E-state index in [0.29, 0.717) is 37.2 Å². The number of carbonyl (C=O) groups excluding carboxylic acids is 2. The summed E-state index contributed by atoms with van der Waals surface area (Å²) in [4.78, 5) is 55.0. The number of aromatic nitrogens is 6. The minimum atomic E-state index is -0.486. The second kappa shape index (κ2) is 15.6. The lowest BCUT2D eigenvalue weighted by atomic mass is 10.1. The highest BCUT2D eigenvalue weighted by Crippen LogP contribution is 2.26. The fourth-order valence-electron chi connectivity index (χ4n) is 5.03. The molecule has 0 aliphatic carbocycles. The van der Waals surface area contributed by atoms with Crippen LogP contribution < -0.4 is 10.2 Å². The zero-order chi connectivity index (χ0) is 33.2. The van der Waals surface area contributed by atoms with Gasteiger partial charge in [0.05, 0.1) is 18.6 Å². The van der Waals surface area contributed by atoms with Crippen LogP contribution in [0.4, 0.5) is 27.0 Å². The first kappa shape index (κ1) is 34.3. The van der Waals surface area contributed by atoms with E-state index in [4.69, 9.17) is 9.47 Å². The molecule has 0 bridgehead atoms. The van der Waals surface area contributed by atoms with Crippen LogP contribution in [-0.4, -0.2) is 102 Å². The van der Waals surface area contributed by atoms with Crippen LogP contribution in [0, 0.1) is 11.8 Å². The van der Waals surface area contributed by atoms with Gasteiger partial charge in [-0.25, -0.2) is 24.5 Å². The number of carbonyl (C=O) groups is 2. The quantitative estimate of drug-likeness (QED) is 0.380. The molecule has 1 N–H and O–H groups in total. The van der Waals surface area contributed by atoms with Crippen LogP contribution in [0.5, 0.6) is 0 Å². The summed E-state index contributed by atoms with van der Waals surface area (Å²) in [6, 6.07) is 0. The number of nitrogens with zero attached hydrogens (tertiary/aromatic N) is 9. The molecule has 2 unspecified atom stereocenters. The molecular weight excluding hydrogens is 588 g/mol. The number of hydrogen-bond acceptors (Lipinski definition) is 12. The average molecular weight is 635 g/mol. The van der Waals surface area contributed by atoms with Gasteiger partial charge in [0.2, 0.25) is 0 Å². The largest absolute Gasteiger partial charge is 0.444 e. The van der Waals surface area contributed by atoms with Crippen molar-refractivity contribution in [3.05, 3.63) is 55.8 Å². The van der Waals surface area contributed by atoms with Crippen molar-refractivity contribution in [1.82, 2.24) is 39.7 Å². The molecular formula is C32H46N10O4. The highest BCUT2D eigenvalue weighted by molar-refractivity contribution is 5.69. The summed E-state index contributed by atoms with van der Waals surface area (Å²) < 4.78 is 10.8. The topological polar surface area (TPSA) is 152 Å². The van der Waals surface area contributed by atoms with Crippen LogP contribution in [0.15, 0.2) is 55.8 Å². The molecule has 0 aromatic carbocycles. The van der Waals surface area contributed by atoms with Crippen molar-refractivity contribution in [3.8, 4) is 0 Å². The molecule has 2 aliphatic rings. The number of amides is 2. The van der Waals surface area contributed by atoms with E-state index in [0.717, 1.165) is 38.3 Å². The Kier molecular flexibility index (Phi) is 11.6. The summed E-state index contributed by atoms with van der Waals surface area (Å²) in [5.74, 6) is 2.90. The molecule has 5 heterocycles. The fraction of sp³-hybridized carbons (Fsp3) is 0.562. The zero-order valence-corrected chi connectivity index (χ0v) is 27.7. The predicted molar refractivity (Wildman–Crippen MR) is 173 cm³/mol. The van der Waals surface area contributed by atoms with Gasteiger partial charge in [-0.05, 0) is 66.2 Å². The van der Waals surface area contributed by atoms with Gasteiger partial charge in [-0.1, -0.05) is 0 Å². The number of ether oxygens (including phenoxy) is 2. The van der Waals surface area contributed by atoms with Crippen LogP contribution in [0.2, 0.25) is 0 Å². The maximum absolute atomic E-state index is 12.3. The Morgan fingerprint density at radius 3 is 1.67 bits per heavy atom. The van der Waals surface area contributed by atoms with Gasteiger partial charge in [-0.2, -0.15) is 0 Å². The fourth-order valence-corrected chi connectivity index (χ4v) is 5.03. The second-order valence-corrected chi connectivity index (χ2v) is 13.4. The summed E-state index contributed by atoms with van der Waals surface area (Å²) in [5, 5.41) is 3.24. The number of nitrogens with one attached hydrogen (secondary N) is 1. The van der Waals surface area contributed by atoms with Gasteiger partial charge in [-0.15, -0.1) is 0 Å². The monoisotopic (exact) mass is 634 g/mol.